The first-order valence-corrected chi connectivity index (χ1v) is 12.6. The van der Waals surface area contributed by atoms with Crippen LogP contribution in [-0.4, -0.2) is 39.2 Å². The lowest BCUT2D eigenvalue weighted by Gasteiger charge is -2.16. The fourth-order valence-corrected chi connectivity index (χ4v) is 5.96. The van der Waals surface area contributed by atoms with E-state index in [0.717, 1.165) is 15.6 Å². The Morgan fingerprint density at radius 1 is 1.16 bits per heavy atom. The number of sulfonamides is 1. The molecule has 1 N–H and O–H groups in total. The van der Waals surface area contributed by atoms with Crippen LogP contribution in [0.2, 0.25) is 0 Å². The summed E-state index contributed by atoms with van der Waals surface area (Å²) in [5.74, 6) is -0.470. The second-order valence-corrected chi connectivity index (χ2v) is 10.3. The highest BCUT2D eigenvalue weighted by Gasteiger charge is 2.28. The predicted molar refractivity (Wildman–Crippen MR) is 128 cm³/mol. The summed E-state index contributed by atoms with van der Waals surface area (Å²) in [6, 6.07) is 14.2. The van der Waals surface area contributed by atoms with E-state index in [9.17, 15) is 18.0 Å². The predicted octanol–water partition coefficient (Wildman–Crippen LogP) is 4.27. The van der Waals surface area contributed by atoms with Gasteiger partial charge in [0.05, 0.1) is 18.0 Å². The van der Waals surface area contributed by atoms with Gasteiger partial charge in [0.15, 0.2) is 0 Å². The molecule has 1 amide bonds. The SMILES string of the molecule is CCOC(=O)c1cc2cc(NC(=O)/C=C/c3ccc(N4CCCS4(=O)=O)cc3)ccc2s1. The summed E-state index contributed by atoms with van der Waals surface area (Å²) in [4.78, 5) is 24.7. The fourth-order valence-electron chi connectivity index (χ4n) is 3.46. The van der Waals surface area contributed by atoms with Crippen molar-refractivity contribution in [1.29, 1.82) is 0 Å². The van der Waals surface area contributed by atoms with Crippen LogP contribution in [0.5, 0.6) is 0 Å². The highest BCUT2D eigenvalue weighted by atomic mass is 32.2. The first-order valence-electron chi connectivity index (χ1n) is 10.2. The summed E-state index contributed by atoms with van der Waals surface area (Å²) in [5, 5.41) is 3.66. The van der Waals surface area contributed by atoms with Crippen LogP contribution in [0.1, 0.15) is 28.6 Å². The van der Waals surface area contributed by atoms with Gasteiger partial charge in [-0.3, -0.25) is 9.10 Å². The first-order chi connectivity index (χ1) is 15.4. The van der Waals surface area contributed by atoms with Crippen LogP contribution >= 0.6 is 11.3 Å². The number of rotatable bonds is 6. The summed E-state index contributed by atoms with van der Waals surface area (Å²) in [6.45, 7) is 2.58. The third kappa shape index (κ3) is 4.84. The molecule has 0 aliphatic carbocycles. The number of esters is 1. The Labute approximate surface area is 190 Å². The van der Waals surface area contributed by atoms with Crippen molar-refractivity contribution in [2.45, 2.75) is 13.3 Å². The van der Waals surface area contributed by atoms with Crippen LogP contribution in [0.25, 0.3) is 16.2 Å². The molecule has 166 valence electrons. The largest absolute Gasteiger partial charge is 0.462 e. The third-order valence-corrected chi connectivity index (χ3v) is 7.93. The van der Waals surface area contributed by atoms with Crippen LogP contribution in [0.15, 0.2) is 54.6 Å². The average Bonchev–Trinajstić information content (AvgIpc) is 3.35. The summed E-state index contributed by atoms with van der Waals surface area (Å²) >= 11 is 1.35. The molecule has 1 aromatic heterocycles. The molecule has 0 saturated carbocycles. The van der Waals surface area contributed by atoms with Crippen LogP contribution < -0.4 is 9.62 Å². The zero-order valence-electron chi connectivity index (χ0n) is 17.4. The Hall–Kier alpha value is -3.17. The molecule has 3 aromatic rings. The minimum Gasteiger partial charge on any atom is -0.462 e. The second kappa shape index (κ2) is 9.13. The Morgan fingerprint density at radius 3 is 2.62 bits per heavy atom. The molecule has 0 atom stereocenters. The Morgan fingerprint density at radius 2 is 1.94 bits per heavy atom. The minimum absolute atomic E-state index is 0.177. The van der Waals surface area contributed by atoms with Gasteiger partial charge in [-0.15, -0.1) is 11.3 Å². The normalized spacial score (nSPS) is 15.3. The molecule has 1 aliphatic rings. The molecule has 4 rings (SSSR count). The standard InChI is InChI=1S/C23H22N2O5S2/c1-2-30-23(27)21-15-17-14-18(7-10-20(17)31-21)24-22(26)11-6-16-4-8-19(9-5-16)25-12-3-13-32(25,28)29/h4-11,14-15H,2-3,12-13H2,1H3,(H,24,26)/b11-6+. The summed E-state index contributed by atoms with van der Waals surface area (Å²) in [7, 11) is -3.21. The highest BCUT2D eigenvalue weighted by Crippen LogP contribution is 2.29. The first kappa shape index (κ1) is 22.0. The maximum absolute atomic E-state index is 12.3. The van der Waals surface area contributed by atoms with Gasteiger partial charge >= 0.3 is 5.97 Å². The van der Waals surface area contributed by atoms with Crippen molar-refractivity contribution in [3.05, 3.63) is 65.0 Å². The molecule has 7 nitrogen and oxygen atoms in total. The van der Waals surface area contributed by atoms with Crippen molar-refractivity contribution in [2.75, 3.05) is 28.5 Å². The molecule has 9 heteroatoms. The lowest BCUT2D eigenvalue weighted by molar-refractivity contribution is -0.111. The lowest BCUT2D eigenvalue weighted by Crippen LogP contribution is -2.24. The van der Waals surface area contributed by atoms with E-state index in [4.69, 9.17) is 4.74 Å². The van der Waals surface area contributed by atoms with Crippen LogP contribution in [-0.2, 0) is 19.6 Å². The van der Waals surface area contributed by atoms with Crippen molar-refractivity contribution in [2.24, 2.45) is 0 Å². The molecule has 0 radical (unpaired) electrons. The molecule has 1 fully saturated rings. The lowest BCUT2D eigenvalue weighted by atomic mass is 10.2. The van der Waals surface area contributed by atoms with Crippen LogP contribution in [0.3, 0.4) is 0 Å². The number of ether oxygens (including phenoxy) is 1. The summed E-state index contributed by atoms with van der Waals surface area (Å²) in [6.07, 6.45) is 3.72. The molecular weight excluding hydrogens is 448 g/mol. The number of carbonyl (C=O) groups excluding carboxylic acids is 2. The Balaban J connectivity index is 1.41. The Kier molecular flexibility index (Phi) is 6.29. The smallest absolute Gasteiger partial charge is 0.348 e. The van der Waals surface area contributed by atoms with E-state index in [2.05, 4.69) is 5.32 Å². The van der Waals surface area contributed by atoms with Gasteiger partial charge in [0.25, 0.3) is 0 Å². The van der Waals surface area contributed by atoms with Crippen molar-refractivity contribution < 1.29 is 22.7 Å². The third-order valence-electron chi connectivity index (χ3n) is 4.97. The van der Waals surface area contributed by atoms with Crippen LogP contribution in [0.4, 0.5) is 11.4 Å². The molecule has 0 bridgehead atoms. The van der Waals surface area contributed by atoms with Gasteiger partial charge in [-0.25, -0.2) is 13.2 Å². The number of anilines is 2. The van der Waals surface area contributed by atoms with Crippen molar-refractivity contribution in [3.63, 3.8) is 0 Å². The van der Waals surface area contributed by atoms with Gasteiger partial charge in [0, 0.05) is 23.0 Å². The van der Waals surface area contributed by atoms with Gasteiger partial charge in [0.1, 0.15) is 4.88 Å². The monoisotopic (exact) mass is 470 g/mol. The van der Waals surface area contributed by atoms with E-state index >= 15 is 0 Å². The molecule has 2 heterocycles. The number of nitrogens with zero attached hydrogens (tertiary/aromatic N) is 1. The molecule has 0 unspecified atom stereocenters. The molecular formula is C23H22N2O5S2. The van der Waals surface area contributed by atoms with E-state index in [1.807, 2.05) is 12.1 Å². The number of amides is 1. The zero-order valence-corrected chi connectivity index (χ0v) is 19.0. The summed E-state index contributed by atoms with van der Waals surface area (Å²) in [5.41, 5.74) is 2.04. The van der Waals surface area contributed by atoms with E-state index in [0.29, 0.717) is 35.8 Å². The van der Waals surface area contributed by atoms with Gasteiger partial charge in [-0.2, -0.15) is 0 Å². The number of hydrogen-bond donors (Lipinski definition) is 1. The topological polar surface area (TPSA) is 92.8 Å². The zero-order chi connectivity index (χ0) is 22.7. The number of carbonyl (C=O) groups is 2. The maximum atomic E-state index is 12.3. The molecule has 2 aromatic carbocycles. The number of nitrogens with one attached hydrogen (secondary N) is 1. The van der Waals surface area contributed by atoms with E-state index in [-0.39, 0.29) is 17.6 Å². The number of thiophene rings is 1. The van der Waals surface area contributed by atoms with Crippen molar-refractivity contribution in [3.8, 4) is 0 Å². The molecule has 1 aliphatic heterocycles. The Bertz CT molecular complexity index is 1290. The number of hydrogen-bond acceptors (Lipinski definition) is 6. The van der Waals surface area contributed by atoms with Gasteiger partial charge < -0.3 is 10.1 Å². The molecule has 32 heavy (non-hydrogen) atoms. The minimum atomic E-state index is -3.21. The van der Waals surface area contributed by atoms with E-state index < -0.39 is 10.0 Å². The van der Waals surface area contributed by atoms with Gasteiger partial charge in [0.2, 0.25) is 15.9 Å². The van der Waals surface area contributed by atoms with E-state index in [1.54, 1.807) is 49.4 Å². The molecule has 1 saturated heterocycles. The van der Waals surface area contributed by atoms with Gasteiger partial charge in [-0.05, 0) is 66.8 Å². The van der Waals surface area contributed by atoms with Crippen molar-refractivity contribution >= 4 is 60.8 Å². The highest BCUT2D eigenvalue weighted by molar-refractivity contribution is 7.93. The average molecular weight is 471 g/mol. The fraction of sp³-hybridized carbons (Fsp3) is 0.217. The summed E-state index contributed by atoms with van der Waals surface area (Å²) < 4.78 is 31.4. The van der Waals surface area contributed by atoms with Gasteiger partial charge in [-0.1, -0.05) is 12.1 Å². The number of fused-ring (bicyclic) bond motifs is 1. The maximum Gasteiger partial charge on any atom is 0.348 e. The molecule has 0 spiro atoms. The van der Waals surface area contributed by atoms with Crippen molar-refractivity contribution in [1.82, 2.24) is 0 Å². The number of benzene rings is 2. The van der Waals surface area contributed by atoms with E-state index in [1.165, 1.54) is 21.7 Å². The second-order valence-electron chi connectivity index (χ2n) is 7.24. The quantitative estimate of drug-likeness (QED) is 0.429. The van der Waals surface area contributed by atoms with Crippen LogP contribution in [0, 0.1) is 0 Å².